The number of carbonyl (C=O) groups is 2. The number of rotatable bonds is 4. The van der Waals surface area contributed by atoms with Crippen molar-refractivity contribution in [1.82, 2.24) is 0 Å². The van der Waals surface area contributed by atoms with Crippen molar-refractivity contribution >= 4 is 11.9 Å². The maximum absolute atomic E-state index is 12.2. The fourth-order valence-corrected chi connectivity index (χ4v) is 2.88. The highest BCUT2D eigenvalue weighted by Gasteiger charge is 2.55. The molecule has 0 amide bonds. The summed E-state index contributed by atoms with van der Waals surface area (Å²) >= 11 is 0. The molecule has 0 spiro atoms. The van der Waals surface area contributed by atoms with E-state index < -0.39 is 17.4 Å². The van der Waals surface area contributed by atoms with Gasteiger partial charge in [-0.1, -0.05) is 42.0 Å². The Bertz CT molecular complexity index is 558. The van der Waals surface area contributed by atoms with Crippen molar-refractivity contribution < 1.29 is 19.1 Å². The molecule has 1 saturated carbocycles. The van der Waals surface area contributed by atoms with Crippen molar-refractivity contribution in [3.8, 4) is 0 Å². The highest BCUT2D eigenvalue weighted by Crippen LogP contribution is 2.50. The summed E-state index contributed by atoms with van der Waals surface area (Å²) in [6.45, 7) is 1.90. The molecule has 22 heavy (non-hydrogen) atoms. The molecule has 0 aliphatic heterocycles. The Morgan fingerprint density at radius 2 is 1.64 bits per heavy atom. The second-order valence-corrected chi connectivity index (χ2v) is 5.31. The van der Waals surface area contributed by atoms with Crippen LogP contribution < -0.4 is 0 Å². The summed E-state index contributed by atoms with van der Waals surface area (Å²) in [5.41, 5.74) is 0.730. The van der Waals surface area contributed by atoms with Gasteiger partial charge in [0.2, 0.25) is 0 Å². The molecule has 1 aromatic rings. The van der Waals surface area contributed by atoms with Crippen LogP contribution >= 0.6 is 0 Å². The van der Waals surface area contributed by atoms with E-state index in [-0.39, 0.29) is 0 Å². The summed E-state index contributed by atoms with van der Waals surface area (Å²) in [6.07, 6.45) is 4.54. The smallest absolute Gasteiger partial charge is 0.323 e. The Balaban J connectivity index is 2.30. The number of benzene rings is 1. The van der Waals surface area contributed by atoms with Crippen molar-refractivity contribution in [3.63, 3.8) is 0 Å². The lowest BCUT2D eigenvalue weighted by atomic mass is 9.84. The predicted octanol–water partition coefficient (Wildman–Crippen LogP) is 2.89. The number of hydrogen-bond acceptors (Lipinski definition) is 4. The first-order chi connectivity index (χ1) is 10.6. The molecule has 1 fully saturated rings. The summed E-state index contributed by atoms with van der Waals surface area (Å²) in [4.78, 5) is 24.4. The van der Waals surface area contributed by atoms with Crippen molar-refractivity contribution in [1.29, 1.82) is 0 Å². The summed E-state index contributed by atoms with van der Waals surface area (Å²) in [7, 11) is 2.59. The second-order valence-electron chi connectivity index (χ2n) is 5.31. The van der Waals surface area contributed by atoms with Crippen LogP contribution in [0.25, 0.3) is 0 Å². The third-order valence-corrected chi connectivity index (χ3v) is 4.04. The van der Waals surface area contributed by atoms with Crippen LogP contribution in [0.1, 0.15) is 25.3 Å². The molecule has 2 rings (SSSR count). The third-order valence-electron chi connectivity index (χ3n) is 4.04. The quantitative estimate of drug-likeness (QED) is 0.634. The third kappa shape index (κ3) is 2.91. The van der Waals surface area contributed by atoms with Crippen molar-refractivity contribution in [2.45, 2.75) is 19.8 Å². The number of carbonyl (C=O) groups excluding carboxylic acids is 2. The van der Waals surface area contributed by atoms with Gasteiger partial charge < -0.3 is 9.47 Å². The van der Waals surface area contributed by atoms with Crippen molar-refractivity contribution in [3.05, 3.63) is 59.9 Å². The van der Waals surface area contributed by atoms with Crippen LogP contribution in [-0.4, -0.2) is 26.2 Å². The SMILES string of the molecule is C/C=C1\CC(C(=O)OC)(C(=O)OC)C[C]1[CH]c1ccccc1. The molecule has 4 nitrogen and oxygen atoms in total. The number of esters is 2. The molecule has 0 atom stereocenters. The van der Waals surface area contributed by atoms with Gasteiger partial charge in [-0.15, -0.1) is 0 Å². The molecular formula is C18H20O4. The van der Waals surface area contributed by atoms with Gasteiger partial charge in [0.05, 0.1) is 14.2 Å². The Labute approximate surface area is 131 Å². The van der Waals surface area contributed by atoms with E-state index in [0.29, 0.717) is 12.8 Å². The lowest BCUT2D eigenvalue weighted by molar-refractivity contribution is -0.168. The highest BCUT2D eigenvalue weighted by molar-refractivity contribution is 6.01. The molecule has 2 radical (unpaired) electrons. The molecule has 0 saturated heterocycles. The largest absolute Gasteiger partial charge is 0.468 e. The zero-order valence-corrected chi connectivity index (χ0v) is 13.1. The van der Waals surface area contributed by atoms with Crippen LogP contribution in [0.5, 0.6) is 0 Å². The highest BCUT2D eigenvalue weighted by atomic mass is 16.5. The van der Waals surface area contributed by atoms with Crippen molar-refractivity contribution in [2.24, 2.45) is 5.41 Å². The molecule has 1 aliphatic rings. The van der Waals surface area contributed by atoms with E-state index in [1.807, 2.05) is 49.8 Å². The fourth-order valence-electron chi connectivity index (χ4n) is 2.88. The predicted molar refractivity (Wildman–Crippen MR) is 82.5 cm³/mol. The summed E-state index contributed by atoms with van der Waals surface area (Å²) in [6, 6.07) is 9.81. The Hall–Kier alpha value is -2.10. The minimum atomic E-state index is -1.27. The second kappa shape index (κ2) is 6.77. The molecule has 1 aliphatic carbocycles. The molecule has 116 valence electrons. The zero-order chi connectivity index (χ0) is 16.2. The normalized spacial score (nSPS) is 19.1. The standard InChI is InChI=1S/C18H20O4/c1-4-14-11-18(16(19)21-2,17(20)22-3)12-15(14)10-13-8-6-5-7-9-13/h4-10H,11-12H2,1-3H3/b14-4+. The first-order valence-electron chi connectivity index (χ1n) is 7.15. The number of methoxy groups -OCH3 is 2. The van der Waals surface area contributed by atoms with Gasteiger partial charge in [-0.2, -0.15) is 0 Å². The fraction of sp³-hybridized carbons (Fsp3) is 0.333. The zero-order valence-electron chi connectivity index (χ0n) is 13.1. The van der Waals surface area contributed by atoms with E-state index >= 15 is 0 Å². The first kappa shape index (κ1) is 16.3. The van der Waals surface area contributed by atoms with Gasteiger partial charge in [-0.25, -0.2) is 0 Å². The van der Waals surface area contributed by atoms with Crippen LogP contribution in [0, 0.1) is 17.8 Å². The number of hydrogen-bond donors (Lipinski definition) is 0. The molecule has 0 unspecified atom stereocenters. The Kier molecular flexibility index (Phi) is 5.01. The molecular weight excluding hydrogens is 280 g/mol. The minimum absolute atomic E-state index is 0.293. The lowest BCUT2D eigenvalue weighted by Gasteiger charge is -2.22. The van der Waals surface area contributed by atoms with E-state index in [0.717, 1.165) is 17.1 Å². The van der Waals surface area contributed by atoms with Gasteiger partial charge in [0.15, 0.2) is 5.41 Å². The molecule has 0 aromatic heterocycles. The lowest BCUT2D eigenvalue weighted by Crippen LogP contribution is -2.39. The average molecular weight is 300 g/mol. The van der Waals surface area contributed by atoms with Crippen LogP contribution in [0.15, 0.2) is 42.0 Å². The van der Waals surface area contributed by atoms with E-state index in [1.165, 1.54) is 14.2 Å². The van der Waals surface area contributed by atoms with Crippen molar-refractivity contribution in [2.75, 3.05) is 14.2 Å². The van der Waals surface area contributed by atoms with Crippen LogP contribution in [0.3, 0.4) is 0 Å². The molecule has 1 aromatic carbocycles. The van der Waals surface area contributed by atoms with Gasteiger partial charge in [0.1, 0.15) is 0 Å². The van der Waals surface area contributed by atoms with Crippen LogP contribution in [-0.2, 0) is 19.1 Å². The monoisotopic (exact) mass is 300 g/mol. The molecule has 4 heteroatoms. The average Bonchev–Trinajstić information content (AvgIpc) is 2.94. The summed E-state index contributed by atoms with van der Waals surface area (Å²) in [5.74, 6) is -0.130. The van der Waals surface area contributed by atoms with Gasteiger partial charge in [0.25, 0.3) is 0 Å². The van der Waals surface area contributed by atoms with Gasteiger partial charge in [-0.05, 0) is 25.3 Å². The maximum atomic E-state index is 12.2. The molecule has 0 N–H and O–H groups in total. The minimum Gasteiger partial charge on any atom is -0.468 e. The molecule has 0 bridgehead atoms. The first-order valence-corrected chi connectivity index (χ1v) is 7.15. The Morgan fingerprint density at radius 3 is 2.14 bits per heavy atom. The van der Waals surface area contributed by atoms with E-state index in [1.54, 1.807) is 0 Å². The Morgan fingerprint density at radius 1 is 1.05 bits per heavy atom. The molecule has 0 heterocycles. The van der Waals surface area contributed by atoms with E-state index in [4.69, 9.17) is 9.47 Å². The van der Waals surface area contributed by atoms with Gasteiger partial charge >= 0.3 is 11.9 Å². The van der Waals surface area contributed by atoms with Crippen LogP contribution in [0.2, 0.25) is 0 Å². The number of ether oxygens (including phenoxy) is 2. The van der Waals surface area contributed by atoms with Gasteiger partial charge in [-0.3, -0.25) is 9.59 Å². The van der Waals surface area contributed by atoms with Crippen LogP contribution in [0.4, 0.5) is 0 Å². The van der Waals surface area contributed by atoms with E-state index in [9.17, 15) is 9.59 Å². The summed E-state index contributed by atoms with van der Waals surface area (Å²) in [5, 5.41) is 0. The number of allylic oxidation sites excluding steroid dienone is 2. The van der Waals surface area contributed by atoms with E-state index in [2.05, 4.69) is 0 Å². The summed E-state index contributed by atoms with van der Waals surface area (Å²) < 4.78 is 9.72. The maximum Gasteiger partial charge on any atom is 0.323 e. The van der Waals surface area contributed by atoms with Gasteiger partial charge in [0, 0.05) is 12.3 Å². The topological polar surface area (TPSA) is 52.6 Å².